The molecule has 0 radical (unpaired) electrons. The molecular weight excluding hydrogens is 554 g/mol. The summed E-state index contributed by atoms with van der Waals surface area (Å²) in [6.07, 6.45) is 0.585. The normalized spacial score (nSPS) is 12.4. The number of aromatic nitrogens is 1. The van der Waals surface area contributed by atoms with Gasteiger partial charge in [0.1, 0.15) is 11.5 Å². The zero-order chi connectivity index (χ0) is 27.3. The number of carboxylic acid groups (broad SMARTS) is 1. The third kappa shape index (κ3) is 7.09. The van der Waals surface area contributed by atoms with Gasteiger partial charge in [-0.3, -0.25) is 19.8 Å². The van der Waals surface area contributed by atoms with E-state index >= 15 is 0 Å². The van der Waals surface area contributed by atoms with Gasteiger partial charge >= 0.3 is 5.97 Å². The number of ether oxygens (including phenoxy) is 1. The van der Waals surface area contributed by atoms with Gasteiger partial charge in [0.25, 0.3) is 5.91 Å². The van der Waals surface area contributed by atoms with E-state index in [0.717, 1.165) is 16.8 Å². The van der Waals surface area contributed by atoms with Gasteiger partial charge in [-0.25, -0.2) is 4.98 Å². The molecule has 0 fully saturated rings. The van der Waals surface area contributed by atoms with Crippen molar-refractivity contribution in [3.05, 3.63) is 52.3 Å². The Morgan fingerprint density at radius 3 is 2.53 bits per heavy atom. The molecule has 1 aliphatic rings. The molecule has 3 rings (SSSR count). The molecular formula is C27H36BrN5O5. The zero-order valence-corrected chi connectivity index (χ0v) is 24.1. The molecule has 0 aliphatic carbocycles. The number of hydrogen-bond acceptors (Lipinski definition) is 7. The summed E-state index contributed by atoms with van der Waals surface area (Å²) in [6, 6.07) is 7.19. The van der Waals surface area contributed by atoms with Gasteiger partial charge in [0, 0.05) is 43.4 Å². The van der Waals surface area contributed by atoms with Crippen LogP contribution in [-0.2, 0) is 16.8 Å². The molecule has 11 heteroatoms. The number of carbonyl (C=O) groups is 3. The second kappa shape index (κ2) is 12.9. The van der Waals surface area contributed by atoms with Crippen LogP contribution in [0.5, 0.6) is 5.75 Å². The van der Waals surface area contributed by atoms with Crippen molar-refractivity contribution in [1.82, 2.24) is 15.2 Å². The quantitative estimate of drug-likeness (QED) is 0.227. The second-order valence-electron chi connectivity index (χ2n) is 9.92. The maximum absolute atomic E-state index is 13.3. The van der Waals surface area contributed by atoms with Gasteiger partial charge in [0.2, 0.25) is 0 Å². The molecule has 2 heterocycles. The minimum absolute atomic E-state index is 0. The molecule has 0 spiro atoms. The molecule has 0 saturated carbocycles. The molecule has 4 N–H and O–H groups in total. The van der Waals surface area contributed by atoms with Crippen molar-refractivity contribution in [2.45, 2.75) is 52.5 Å². The number of amidine groups is 1. The van der Waals surface area contributed by atoms with Crippen LogP contribution in [-0.4, -0.2) is 65.2 Å². The van der Waals surface area contributed by atoms with Crippen LogP contribution in [0.1, 0.15) is 78.2 Å². The highest BCUT2D eigenvalue weighted by atomic mass is 79.9. The Labute approximate surface area is 233 Å². The van der Waals surface area contributed by atoms with Crippen LogP contribution in [0.2, 0.25) is 0 Å². The number of hydrogen-bond donors (Lipinski definition) is 4. The van der Waals surface area contributed by atoms with Crippen molar-refractivity contribution in [2.24, 2.45) is 0 Å². The van der Waals surface area contributed by atoms with Gasteiger partial charge in [0.15, 0.2) is 17.2 Å². The number of nitrogens with one attached hydrogen (secondary N) is 3. The molecule has 206 valence electrons. The van der Waals surface area contributed by atoms with E-state index in [-0.39, 0.29) is 52.7 Å². The molecule has 38 heavy (non-hydrogen) atoms. The lowest BCUT2D eigenvalue weighted by atomic mass is 9.84. The maximum atomic E-state index is 13.3. The minimum atomic E-state index is -0.831. The molecule has 2 aromatic rings. The summed E-state index contributed by atoms with van der Waals surface area (Å²) >= 11 is 0. The van der Waals surface area contributed by atoms with Crippen LogP contribution < -0.4 is 15.4 Å². The number of benzene rings is 1. The SMILES string of the molecule is Br.CCOc1cc2c(nc1C(=O)NC)C(=N)N(CC(=O)c1ccc(NCCCC(=O)O)c(C(C)(C)C)c1)C2. The molecule has 1 aliphatic heterocycles. The van der Waals surface area contributed by atoms with E-state index in [1.54, 1.807) is 17.0 Å². The largest absolute Gasteiger partial charge is 0.491 e. The summed E-state index contributed by atoms with van der Waals surface area (Å²) in [5.74, 6) is -0.938. The number of aliphatic carboxylic acids is 1. The van der Waals surface area contributed by atoms with Crippen molar-refractivity contribution < 1.29 is 24.2 Å². The maximum Gasteiger partial charge on any atom is 0.303 e. The number of rotatable bonds is 11. The first-order chi connectivity index (χ1) is 17.5. The van der Waals surface area contributed by atoms with Gasteiger partial charge in [-0.1, -0.05) is 20.8 Å². The smallest absolute Gasteiger partial charge is 0.303 e. The topological polar surface area (TPSA) is 145 Å². The number of Topliss-reactive ketones (excluding diaryl/α,β-unsaturated/α-hetero) is 1. The number of fused-ring (bicyclic) bond motifs is 1. The number of amides is 1. The van der Waals surface area contributed by atoms with Crippen LogP contribution in [0.3, 0.4) is 0 Å². The van der Waals surface area contributed by atoms with Gasteiger partial charge < -0.3 is 25.4 Å². The number of anilines is 1. The Bertz CT molecular complexity index is 1230. The molecule has 1 amide bonds. The summed E-state index contributed by atoms with van der Waals surface area (Å²) in [7, 11) is 1.51. The highest BCUT2D eigenvalue weighted by Crippen LogP contribution is 2.32. The molecule has 1 aromatic carbocycles. The monoisotopic (exact) mass is 589 g/mol. The van der Waals surface area contributed by atoms with Crippen LogP contribution in [0, 0.1) is 5.41 Å². The molecule has 0 atom stereocenters. The first kappa shape index (κ1) is 30.8. The van der Waals surface area contributed by atoms with Gasteiger partial charge in [0.05, 0.1) is 13.2 Å². The predicted octanol–water partition coefficient (Wildman–Crippen LogP) is 4.02. The van der Waals surface area contributed by atoms with E-state index in [1.807, 2.05) is 19.1 Å². The minimum Gasteiger partial charge on any atom is -0.491 e. The summed E-state index contributed by atoms with van der Waals surface area (Å²) in [6.45, 7) is 9.16. The third-order valence-electron chi connectivity index (χ3n) is 6.08. The number of ketones is 1. The van der Waals surface area contributed by atoms with Crippen LogP contribution in [0.25, 0.3) is 0 Å². The first-order valence-electron chi connectivity index (χ1n) is 12.3. The lowest BCUT2D eigenvalue weighted by Gasteiger charge is -2.25. The third-order valence-corrected chi connectivity index (χ3v) is 6.08. The van der Waals surface area contributed by atoms with Gasteiger partial charge in [-0.15, -0.1) is 17.0 Å². The molecule has 1 aromatic heterocycles. The van der Waals surface area contributed by atoms with E-state index < -0.39 is 11.9 Å². The highest BCUT2D eigenvalue weighted by molar-refractivity contribution is 8.93. The summed E-state index contributed by atoms with van der Waals surface area (Å²) in [4.78, 5) is 42.4. The molecule has 0 bridgehead atoms. The highest BCUT2D eigenvalue weighted by Gasteiger charge is 2.31. The number of carbonyl (C=O) groups excluding carboxylic acids is 2. The van der Waals surface area contributed by atoms with Gasteiger partial charge in [-0.05, 0) is 48.6 Å². The summed E-state index contributed by atoms with van der Waals surface area (Å²) in [5, 5.41) is 23.3. The average Bonchev–Trinajstić information content (AvgIpc) is 3.14. The Morgan fingerprint density at radius 2 is 1.92 bits per heavy atom. The lowest BCUT2D eigenvalue weighted by Crippen LogP contribution is -2.31. The van der Waals surface area contributed by atoms with Crippen molar-refractivity contribution in [1.29, 1.82) is 5.41 Å². The van der Waals surface area contributed by atoms with Crippen LogP contribution in [0.15, 0.2) is 24.3 Å². The molecule has 10 nitrogen and oxygen atoms in total. The fourth-order valence-electron chi connectivity index (χ4n) is 4.19. The number of halogens is 1. The van der Waals surface area contributed by atoms with E-state index in [9.17, 15) is 14.4 Å². The molecule has 0 unspecified atom stereocenters. The number of nitrogens with zero attached hydrogens (tertiary/aromatic N) is 2. The second-order valence-corrected chi connectivity index (χ2v) is 9.92. The average molecular weight is 591 g/mol. The summed E-state index contributed by atoms with van der Waals surface area (Å²) in [5.41, 5.74) is 3.30. The van der Waals surface area contributed by atoms with Crippen molar-refractivity contribution >= 4 is 46.2 Å². The Hall–Kier alpha value is -3.47. The fourth-order valence-corrected chi connectivity index (χ4v) is 4.19. The van der Waals surface area contributed by atoms with E-state index in [0.29, 0.717) is 43.1 Å². The van der Waals surface area contributed by atoms with Crippen LogP contribution in [0.4, 0.5) is 5.69 Å². The summed E-state index contributed by atoms with van der Waals surface area (Å²) < 4.78 is 5.59. The number of carboxylic acids is 1. The Balaban J connectivity index is 0.00000507. The van der Waals surface area contributed by atoms with E-state index in [1.165, 1.54) is 7.05 Å². The lowest BCUT2D eigenvalue weighted by molar-refractivity contribution is -0.137. The Morgan fingerprint density at radius 1 is 1.21 bits per heavy atom. The standard InChI is InChI=1S/C27H35N5O5.BrH/c1-6-37-21-13-17-14-32(25(28)23(17)31-24(21)26(36)29-5)15-20(33)16-9-10-19(18(12-16)27(2,3)4)30-11-7-8-22(34)35;/h9-10,12-13,28,30H,6-8,11,14-15H2,1-5H3,(H,29,36)(H,34,35);1H. The number of pyridine rings is 1. The first-order valence-corrected chi connectivity index (χ1v) is 12.3. The molecule has 0 saturated heterocycles. The van der Waals surface area contributed by atoms with Gasteiger partial charge in [-0.2, -0.15) is 0 Å². The van der Waals surface area contributed by atoms with E-state index in [2.05, 4.69) is 36.4 Å². The Kier molecular flexibility index (Phi) is 10.4. The van der Waals surface area contributed by atoms with Crippen molar-refractivity contribution in [3.63, 3.8) is 0 Å². The predicted molar refractivity (Wildman–Crippen MR) is 151 cm³/mol. The van der Waals surface area contributed by atoms with Crippen molar-refractivity contribution in [3.8, 4) is 5.75 Å². The van der Waals surface area contributed by atoms with Crippen molar-refractivity contribution in [2.75, 3.05) is 32.1 Å². The zero-order valence-electron chi connectivity index (χ0n) is 22.4. The van der Waals surface area contributed by atoms with E-state index in [4.69, 9.17) is 15.3 Å². The van der Waals surface area contributed by atoms with Crippen LogP contribution >= 0.6 is 17.0 Å². The fraction of sp³-hybridized carbons (Fsp3) is 0.444.